The van der Waals surface area contributed by atoms with Crippen LogP contribution in [-0.4, -0.2) is 43.3 Å². The third-order valence-electron chi connectivity index (χ3n) is 4.47. The van der Waals surface area contributed by atoms with Crippen LogP contribution in [0.1, 0.15) is 45.9 Å². The quantitative estimate of drug-likeness (QED) is 0.679. The smallest absolute Gasteiger partial charge is 0.341 e. The van der Waals surface area contributed by atoms with E-state index in [0.717, 1.165) is 24.1 Å². The van der Waals surface area contributed by atoms with Gasteiger partial charge in [-0.2, -0.15) is 5.10 Å². The van der Waals surface area contributed by atoms with Crippen LogP contribution < -0.4 is 0 Å². The van der Waals surface area contributed by atoms with Crippen molar-refractivity contribution >= 4 is 17.6 Å². The highest BCUT2D eigenvalue weighted by atomic mass is 16.5. The molecule has 1 aliphatic carbocycles. The molecule has 0 radical (unpaired) electrons. The van der Waals surface area contributed by atoms with E-state index in [0.29, 0.717) is 29.2 Å². The van der Waals surface area contributed by atoms with Crippen molar-refractivity contribution in [3.8, 4) is 0 Å². The molecule has 26 heavy (non-hydrogen) atoms. The average molecular weight is 354 g/mol. The Morgan fingerprint density at radius 3 is 2.81 bits per heavy atom. The molecule has 0 amide bonds. The van der Waals surface area contributed by atoms with Gasteiger partial charge in [-0.1, -0.05) is 0 Å². The summed E-state index contributed by atoms with van der Waals surface area (Å²) in [6.45, 7) is 0.379. The molecule has 1 fully saturated rings. The van der Waals surface area contributed by atoms with Gasteiger partial charge in [0.05, 0.1) is 37.5 Å². The van der Waals surface area contributed by atoms with Crippen LogP contribution in [0.5, 0.6) is 0 Å². The van der Waals surface area contributed by atoms with Crippen LogP contribution in [0.4, 0.5) is 0 Å². The number of carbonyl (C=O) groups is 2. The minimum atomic E-state index is -0.876. The molecule has 3 heterocycles. The lowest BCUT2D eigenvalue weighted by Crippen LogP contribution is -2.04. The van der Waals surface area contributed by atoms with Gasteiger partial charge in [-0.15, -0.1) is 0 Å². The number of pyridine rings is 1. The van der Waals surface area contributed by atoms with Crippen LogP contribution in [-0.2, 0) is 22.5 Å². The van der Waals surface area contributed by atoms with Gasteiger partial charge in [0.1, 0.15) is 5.65 Å². The van der Waals surface area contributed by atoms with Crippen molar-refractivity contribution in [1.82, 2.24) is 19.2 Å². The molecule has 3 aromatic heterocycles. The summed E-state index contributed by atoms with van der Waals surface area (Å²) in [5.41, 5.74) is 3.63. The highest BCUT2D eigenvalue weighted by Crippen LogP contribution is 2.40. The molecule has 0 aromatic carbocycles. The second kappa shape index (κ2) is 6.29. The van der Waals surface area contributed by atoms with Gasteiger partial charge in [0.15, 0.2) is 0 Å². The van der Waals surface area contributed by atoms with Crippen molar-refractivity contribution in [3.05, 3.63) is 53.2 Å². The number of carboxylic acids is 1. The maximum atomic E-state index is 11.5. The van der Waals surface area contributed by atoms with Crippen molar-refractivity contribution in [1.29, 1.82) is 0 Å². The first-order chi connectivity index (χ1) is 12.5. The Bertz CT molecular complexity index is 1000. The number of ether oxygens (including phenoxy) is 1. The molecule has 0 saturated heterocycles. The largest absolute Gasteiger partial charge is 0.481 e. The third kappa shape index (κ3) is 3.17. The molecular weight excluding hydrogens is 336 g/mol. The van der Waals surface area contributed by atoms with E-state index in [1.165, 1.54) is 13.3 Å². The van der Waals surface area contributed by atoms with Crippen molar-refractivity contribution in [2.24, 2.45) is 0 Å². The number of aliphatic carboxylic acids is 1. The van der Waals surface area contributed by atoms with Crippen LogP contribution in [0.3, 0.4) is 0 Å². The zero-order chi connectivity index (χ0) is 18.3. The minimum absolute atomic E-state index is 0.0607. The van der Waals surface area contributed by atoms with Gasteiger partial charge in [0.25, 0.3) is 0 Å². The Balaban J connectivity index is 1.66. The van der Waals surface area contributed by atoms with Crippen LogP contribution in [0, 0.1) is 0 Å². The van der Waals surface area contributed by atoms with E-state index in [4.69, 9.17) is 0 Å². The number of nitrogens with zero attached hydrogens (tertiary/aromatic N) is 4. The van der Waals surface area contributed by atoms with Crippen molar-refractivity contribution in [2.75, 3.05) is 7.11 Å². The van der Waals surface area contributed by atoms with Crippen molar-refractivity contribution < 1.29 is 19.4 Å². The molecule has 8 heteroatoms. The number of esters is 1. The third-order valence-corrected chi connectivity index (χ3v) is 4.47. The zero-order valence-electron chi connectivity index (χ0n) is 14.3. The normalized spacial score (nSPS) is 13.9. The van der Waals surface area contributed by atoms with Gasteiger partial charge >= 0.3 is 11.9 Å². The summed E-state index contributed by atoms with van der Waals surface area (Å²) in [7, 11) is 1.32. The summed E-state index contributed by atoms with van der Waals surface area (Å²) < 4.78 is 8.17. The lowest BCUT2D eigenvalue weighted by atomic mass is 10.1. The summed E-state index contributed by atoms with van der Waals surface area (Å²) in [6.07, 6.45) is 9.18. The van der Waals surface area contributed by atoms with E-state index in [9.17, 15) is 14.7 Å². The van der Waals surface area contributed by atoms with Crippen molar-refractivity contribution in [2.45, 2.75) is 31.7 Å². The first kappa shape index (κ1) is 16.3. The first-order valence-corrected chi connectivity index (χ1v) is 8.36. The molecule has 1 N–H and O–H groups in total. The van der Waals surface area contributed by atoms with Gasteiger partial charge in [0, 0.05) is 24.2 Å². The van der Waals surface area contributed by atoms with Crippen LogP contribution in [0.25, 0.3) is 5.65 Å². The Morgan fingerprint density at radius 1 is 1.31 bits per heavy atom. The summed E-state index contributed by atoms with van der Waals surface area (Å²) in [5.74, 6) is -0.796. The highest BCUT2D eigenvalue weighted by Gasteiger charge is 2.25. The molecule has 1 aliphatic rings. The van der Waals surface area contributed by atoms with Gasteiger partial charge < -0.3 is 14.2 Å². The SMILES string of the molecule is COC(=O)c1cnn(Cc2cn3cc(C4CC4)cc(CC(=O)O)c3n2)c1. The van der Waals surface area contributed by atoms with Gasteiger partial charge in [-0.25, -0.2) is 9.78 Å². The molecule has 0 atom stereocenters. The van der Waals surface area contributed by atoms with Crippen LogP contribution in [0.2, 0.25) is 0 Å². The predicted molar refractivity (Wildman–Crippen MR) is 91.2 cm³/mol. The Labute approximate surface area is 149 Å². The second-order valence-corrected chi connectivity index (χ2v) is 6.52. The Morgan fingerprint density at radius 2 is 2.12 bits per heavy atom. The molecule has 3 aromatic rings. The minimum Gasteiger partial charge on any atom is -0.481 e. The van der Waals surface area contributed by atoms with E-state index in [1.54, 1.807) is 10.9 Å². The summed E-state index contributed by atoms with van der Waals surface area (Å²) in [6, 6.07) is 1.96. The standard InChI is InChI=1S/C18H18N4O4/c1-26-18(25)14-6-19-22(8-14)10-15-9-21-7-13(11-2-3-11)4-12(5-16(23)24)17(21)20-15/h4,6-9,11H,2-3,5,10H2,1H3,(H,23,24). The number of hydrogen-bond acceptors (Lipinski definition) is 5. The molecule has 0 unspecified atom stereocenters. The molecule has 134 valence electrons. The number of aromatic nitrogens is 4. The van der Waals surface area contributed by atoms with Gasteiger partial charge in [0.2, 0.25) is 0 Å². The fourth-order valence-corrected chi connectivity index (χ4v) is 3.09. The van der Waals surface area contributed by atoms with E-state index < -0.39 is 11.9 Å². The number of rotatable bonds is 6. The fraction of sp³-hybridized carbons (Fsp3) is 0.333. The number of imidazole rings is 1. The van der Waals surface area contributed by atoms with Crippen LogP contribution >= 0.6 is 0 Å². The molecule has 0 spiro atoms. The second-order valence-electron chi connectivity index (χ2n) is 6.52. The molecule has 0 bridgehead atoms. The molecule has 8 nitrogen and oxygen atoms in total. The maximum Gasteiger partial charge on any atom is 0.341 e. The lowest BCUT2D eigenvalue weighted by Gasteiger charge is -2.05. The van der Waals surface area contributed by atoms with E-state index in [-0.39, 0.29) is 6.42 Å². The summed E-state index contributed by atoms with van der Waals surface area (Å²) in [5, 5.41) is 13.3. The monoisotopic (exact) mass is 354 g/mol. The average Bonchev–Trinajstić information content (AvgIpc) is 3.22. The van der Waals surface area contributed by atoms with Gasteiger partial charge in [-0.05, 0) is 30.4 Å². The first-order valence-electron chi connectivity index (χ1n) is 8.36. The molecular formula is C18H18N4O4. The van der Waals surface area contributed by atoms with Crippen molar-refractivity contribution in [3.63, 3.8) is 0 Å². The zero-order valence-corrected chi connectivity index (χ0v) is 14.3. The predicted octanol–water partition coefficient (Wildman–Crippen LogP) is 1.87. The Kier molecular flexibility index (Phi) is 3.95. The number of fused-ring (bicyclic) bond motifs is 1. The fourth-order valence-electron chi connectivity index (χ4n) is 3.09. The summed E-state index contributed by atoms with van der Waals surface area (Å²) >= 11 is 0. The maximum absolute atomic E-state index is 11.5. The number of carbonyl (C=O) groups excluding carboxylic acids is 1. The number of hydrogen-bond donors (Lipinski definition) is 1. The number of methoxy groups -OCH3 is 1. The van der Waals surface area contributed by atoms with E-state index in [1.807, 2.05) is 22.9 Å². The van der Waals surface area contributed by atoms with Crippen LogP contribution in [0.15, 0.2) is 30.9 Å². The van der Waals surface area contributed by atoms with Gasteiger partial charge in [-0.3, -0.25) is 9.48 Å². The topological polar surface area (TPSA) is 98.7 Å². The molecule has 1 saturated carbocycles. The summed E-state index contributed by atoms with van der Waals surface area (Å²) in [4.78, 5) is 27.3. The lowest BCUT2D eigenvalue weighted by molar-refractivity contribution is -0.136. The molecule has 4 rings (SSSR count). The van der Waals surface area contributed by atoms with E-state index in [2.05, 4.69) is 14.8 Å². The van der Waals surface area contributed by atoms with E-state index >= 15 is 0 Å². The Hall–Kier alpha value is -3.16. The number of carboxylic acid groups (broad SMARTS) is 1. The highest BCUT2D eigenvalue weighted by molar-refractivity contribution is 5.88. The molecule has 0 aliphatic heterocycles.